The summed E-state index contributed by atoms with van der Waals surface area (Å²) in [7, 11) is -5.11. The van der Waals surface area contributed by atoms with E-state index in [0.717, 1.165) is 64.2 Å². The van der Waals surface area contributed by atoms with Crippen molar-refractivity contribution in [1.29, 1.82) is 0 Å². The summed E-state index contributed by atoms with van der Waals surface area (Å²) in [6, 6.07) is 0. The van der Waals surface area contributed by atoms with E-state index in [1.54, 1.807) is 0 Å². The smallest absolute Gasteiger partial charge is 0.462 e. The lowest BCUT2D eigenvalue weighted by molar-refractivity contribution is -0.220. The van der Waals surface area contributed by atoms with Crippen LogP contribution in [0.15, 0.2) is 12.2 Å². The fourth-order valence-electron chi connectivity index (χ4n) is 6.58. The normalized spacial score (nSPS) is 23.1. The molecule has 8 atom stereocenters. The minimum Gasteiger partial charge on any atom is -0.462 e. The van der Waals surface area contributed by atoms with Gasteiger partial charge in [0.05, 0.1) is 6.61 Å². The van der Waals surface area contributed by atoms with Crippen molar-refractivity contribution in [3.8, 4) is 0 Å². The third-order valence-corrected chi connectivity index (χ3v) is 11.1. The summed E-state index contributed by atoms with van der Waals surface area (Å²) in [6.07, 6.45) is 18.5. The largest absolute Gasteiger partial charge is 0.472 e. The van der Waals surface area contributed by atoms with Gasteiger partial charge in [0, 0.05) is 12.8 Å². The molecule has 0 aromatic carbocycles. The fraction of sp³-hybridized carbons (Fsp3) is 0.902. The number of esters is 2. The van der Waals surface area contributed by atoms with Crippen LogP contribution in [0.1, 0.15) is 181 Å². The number of hydrogen-bond acceptors (Lipinski definition) is 12. The Morgan fingerprint density at radius 1 is 0.545 bits per heavy atom. The molecule has 0 bridgehead atoms. The maximum atomic E-state index is 12.8. The van der Waals surface area contributed by atoms with Crippen molar-refractivity contribution in [1.82, 2.24) is 0 Å². The number of phosphoric ester groups is 1. The molecule has 6 unspecified atom stereocenters. The number of carbonyl (C=O) groups excluding carboxylic acids is 2. The van der Waals surface area contributed by atoms with Gasteiger partial charge >= 0.3 is 19.8 Å². The molecule has 1 saturated carbocycles. The Morgan fingerprint density at radius 3 is 1.40 bits per heavy atom. The van der Waals surface area contributed by atoms with Crippen LogP contribution in [0.5, 0.6) is 0 Å². The van der Waals surface area contributed by atoms with Gasteiger partial charge in [0.15, 0.2) is 6.10 Å². The topological polar surface area (TPSA) is 210 Å². The van der Waals surface area contributed by atoms with Crippen LogP contribution in [0.3, 0.4) is 0 Å². The molecule has 1 fully saturated rings. The zero-order valence-corrected chi connectivity index (χ0v) is 34.9. The minimum atomic E-state index is -5.11. The van der Waals surface area contributed by atoms with E-state index in [2.05, 4.69) is 26.0 Å². The van der Waals surface area contributed by atoms with Crippen molar-refractivity contribution >= 4 is 19.8 Å². The number of phosphoric acid groups is 1. The molecule has 1 aliphatic rings. The second kappa shape index (κ2) is 32.5. The standard InChI is InChI=1S/C41H77O13P/c1-3-5-7-9-11-13-15-17-19-21-23-25-27-29-34(42)51-31-33(32-52-55(49,50)54-41-39(47)37(45)36(44)38(46)40(41)48)53-35(43)30-28-26-24-22-20-18-16-14-12-10-8-6-4-2/h13,15,33,36-41,44-48H,3-12,14,16-32H2,1-2H3,(H,49,50)/b15-13+/t33-,36?,37-,38?,39?,40?,41?/m1/s1. The van der Waals surface area contributed by atoms with Crippen molar-refractivity contribution in [3.05, 3.63) is 12.2 Å². The molecule has 324 valence electrons. The van der Waals surface area contributed by atoms with E-state index in [4.69, 9.17) is 18.5 Å². The molecule has 6 N–H and O–H groups in total. The molecule has 1 aliphatic carbocycles. The molecule has 14 heteroatoms. The molecule has 0 aliphatic heterocycles. The van der Waals surface area contributed by atoms with Crippen molar-refractivity contribution < 1.29 is 63.1 Å². The van der Waals surface area contributed by atoms with Crippen LogP contribution in [-0.2, 0) is 32.7 Å². The van der Waals surface area contributed by atoms with E-state index in [1.807, 2.05) is 0 Å². The second-order valence-electron chi connectivity index (χ2n) is 15.2. The van der Waals surface area contributed by atoms with E-state index in [-0.39, 0.29) is 12.8 Å². The molecule has 0 saturated heterocycles. The van der Waals surface area contributed by atoms with Crippen LogP contribution in [0, 0.1) is 0 Å². The van der Waals surface area contributed by atoms with E-state index >= 15 is 0 Å². The Kier molecular flexibility index (Phi) is 30.5. The summed E-state index contributed by atoms with van der Waals surface area (Å²) in [5, 5.41) is 50.0. The third-order valence-electron chi connectivity index (χ3n) is 10.1. The van der Waals surface area contributed by atoms with Gasteiger partial charge in [-0.2, -0.15) is 0 Å². The zero-order chi connectivity index (χ0) is 40.7. The summed E-state index contributed by atoms with van der Waals surface area (Å²) in [5.74, 6) is -1.10. The average Bonchev–Trinajstić information content (AvgIpc) is 3.16. The molecule has 0 radical (unpaired) electrons. The first-order valence-electron chi connectivity index (χ1n) is 21.5. The second-order valence-corrected chi connectivity index (χ2v) is 16.6. The SMILES string of the molecule is CCCCCC/C=C/CCCCCCCC(=O)OC[C@H](COP(=O)(O)OC1C(O)C(O)C(O)[C@@H](O)C1O)OC(=O)CCCCCCCCCCCCCCC. The van der Waals surface area contributed by atoms with Crippen LogP contribution in [0.4, 0.5) is 0 Å². The molecule has 0 heterocycles. The number of hydrogen-bond donors (Lipinski definition) is 6. The summed E-state index contributed by atoms with van der Waals surface area (Å²) >= 11 is 0. The maximum Gasteiger partial charge on any atom is 0.472 e. The Bertz CT molecular complexity index is 1030. The molecule has 0 amide bonds. The van der Waals surface area contributed by atoms with E-state index in [1.165, 1.54) is 77.0 Å². The molecule has 13 nitrogen and oxygen atoms in total. The minimum absolute atomic E-state index is 0.100. The molecular formula is C41H77O13P. The predicted molar refractivity (Wildman–Crippen MR) is 212 cm³/mol. The van der Waals surface area contributed by atoms with Gasteiger partial charge in [-0.05, 0) is 38.5 Å². The molecule has 0 aromatic heterocycles. The van der Waals surface area contributed by atoms with Crippen molar-refractivity contribution in [3.63, 3.8) is 0 Å². The predicted octanol–water partition coefficient (Wildman–Crippen LogP) is 7.50. The van der Waals surface area contributed by atoms with Gasteiger partial charge in [-0.25, -0.2) is 4.57 Å². The highest BCUT2D eigenvalue weighted by Gasteiger charge is 2.51. The number of aliphatic hydroxyl groups excluding tert-OH is 5. The van der Waals surface area contributed by atoms with Gasteiger partial charge < -0.3 is 39.9 Å². The van der Waals surface area contributed by atoms with Gasteiger partial charge in [0.1, 0.15) is 43.2 Å². The van der Waals surface area contributed by atoms with E-state index < -0.39 is 75.7 Å². The Labute approximate surface area is 331 Å². The first-order valence-corrected chi connectivity index (χ1v) is 23.0. The van der Waals surface area contributed by atoms with Crippen LogP contribution in [0.2, 0.25) is 0 Å². The maximum absolute atomic E-state index is 12.8. The van der Waals surface area contributed by atoms with Gasteiger partial charge in [-0.15, -0.1) is 0 Å². The number of allylic oxidation sites excluding steroid dienone is 2. The Morgan fingerprint density at radius 2 is 0.927 bits per heavy atom. The fourth-order valence-corrected chi connectivity index (χ4v) is 7.55. The van der Waals surface area contributed by atoms with Crippen LogP contribution in [-0.4, -0.2) is 98.3 Å². The van der Waals surface area contributed by atoms with Crippen molar-refractivity contribution in [2.75, 3.05) is 13.2 Å². The molecule has 0 spiro atoms. The average molecular weight is 809 g/mol. The monoisotopic (exact) mass is 809 g/mol. The summed E-state index contributed by atoms with van der Waals surface area (Å²) < 4.78 is 33.4. The lowest BCUT2D eigenvalue weighted by Gasteiger charge is -2.41. The highest BCUT2D eigenvalue weighted by Crippen LogP contribution is 2.47. The van der Waals surface area contributed by atoms with Crippen LogP contribution >= 0.6 is 7.82 Å². The summed E-state index contributed by atoms with van der Waals surface area (Å²) in [5.41, 5.74) is 0. The molecule has 55 heavy (non-hydrogen) atoms. The molecular weight excluding hydrogens is 731 g/mol. The Hall–Kier alpha value is -1.41. The van der Waals surface area contributed by atoms with Gasteiger partial charge in [-0.1, -0.05) is 142 Å². The highest BCUT2D eigenvalue weighted by atomic mass is 31.2. The van der Waals surface area contributed by atoms with Gasteiger partial charge in [0.25, 0.3) is 0 Å². The molecule has 1 rings (SSSR count). The van der Waals surface area contributed by atoms with E-state index in [0.29, 0.717) is 12.8 Å². The van der Waals surface area contributed by atoms with E-state index in [9.17, 15) is 44.6 Å². The first-order chi connectivity index (χ1) is 26.4. The highest BCUT2D eigenvalue weighted by molar-refractivity contribution is 7.47. The zero-order valence-electron chi connectivity index (χ0n) is 34.0. The van der Waals surface area contributed by atoms with Gasteiger partial charge in [0.2, 0.25) is 0 Å². The number of aliphatic hydroxyl groups is 5. The van der Waals surface area contributed by atoms with Crippen molar-refractivity contribution in [2.24, 2.45) is 0 Å². The lowest BCUT2D eigenvalue weighted by atomic mass is 9.85. The third kappa shape index (κ3) is 25.5. The van der Waals surface area contributed by atoms with Crippen LogP contribution < -0.4 is 0 Å². The lowest BCUT2D eigenvalue weighted by Crippen LogP contribution is -2.64. The number of ether oxygens (including phenoxy) is 2. The van der Waals surface area contributed by atoms with Gasteiger partial charge in [-0.3, -0.25) is 18.6 Å². The number of rotatable bonds is 35. The number of unbranched alkanes of at least 4 members (excludes halogenated alkanes) is 21. The Balaban J connectivity index is 2.50. The first kappa shape index (κ1) is 51.6. The quantitative estimate of drug-likeness (QED) is 0.0159. The number of carbonyl (C=O) groups is 2. The molecule has 0 aromatic rings. The van der Waals surface area contributed by atoms with Crippen molar-refractivity contribution in [2.45, 2.75) is 224 Å². The summed E-state index contributed by atoms with van der Waals surface area (Å²) in [6.45, 7) is 3.26. The van der Waals surface area contributed by atoms with Crippen LogP contribution in [0.25, 0.3) is 0 Å². The summed E-state index contributed by atoms with van der Waals surface area (Å²) in [4.78, 5) is 35.5.